The first-order valence-corrected chi connectivity index (χ1v) is 5.81. The number of nitrogens with zero attached hydrogens (tertiary/aromatic N) is 2. The van der Waals surface area contributed by atoms with Gasteiger partial charge in [-0.3, -0.25) is 4.79 Å². The normalized spacial score (nSPS) is 10.4. The van der Waals surface area contributed by atoms with E-state index in [1.54, 1.807) is 0 Å². The van der Waals surface area contributed by atoms with Crippen molar-refractivity contribution in [1.29, 1.82) is 0 Å². The van der Waals surface area contributed by atoms with E-state index in [0.717, 1.165) is 6.07 Å². The molecule has 0 radical (unpaired) electrons. The standard InChI is InChI=1S/C11H4Cl3FN2O/c12-7-4-16-9(11(14)17-7)10(18)5-2-1-3-6(15)8(5)13/h1-4H. The maximum absolute atomic E-state index is 13.2. The van der Waals surface area contributed by atoms with Gasteiger partial charge in [0.15, 0.2) is 5.15 Å². The fraction of sp³-hybridized carbons (Fsp3) is 0. The zero-order valence-electron chi connectivity index (χ0n) is 8.62. The first-order valence-electron chi connectivity index (χ1n) is 4.67. The van der Waals surface area contributed by atoms with Crippen molar-refractivity contribution in [2.75, 3.05) is 0 Å². The van der Waals surface area contributed by atoms with Gasteiger partial charge in [0, 0.05) is 5.56 Å². The van der Waals surface area contributed by atoms with E-state index in [0.29, 0.717) is 0 Å². The molecule has 3 nitrogen and oxygen atoms in total. The minimum atomic E-state index is -0.694. The fourth-order valence-electron chi connectivity index (χ4n) is 1.31. The second-order valence-electron chi connectivity index (χ2n) is 3.26. The third-order valence-electron chi connectivity index (χ3n) is 2.11. The lowest BCUT2D eigenvalue weighted by molar-refractivity contribution is 0.103. The summed E-state index contributed by atoms with van der Waals surface area (Å²) in [6.45, 7) is 0. The van der Waals surface area contributed by atoms with Gasteiger partial charge in [0.05, 0.1) is 11.2 Å². The van der Waals surface area contributed by atoms with Gasteiger partial charge < -0.3 is 0 Å². The summed E-state index contributed by atoms with van der Waals surface area (Å²) in [7, 11) is 0. The quantitative estimate of drug-likeness (QED) is 0.792. The first-order chi connectivity index (χ1) is 8.50. The molecule has 0 N–H and O–H groups in total. The summed E-state index contributed by atoms with van der Waals surface area (Å²) < 4.78 is 13.2. The van der Waals surface area contributed by atoms with E-state index in [9.17, 15) is 9.18 Å². The van der Waals surface area contributed by atoms with Crippen LogP contribution in [0.5, 0.6) is 0 Å². The zero-order chi connectivity index (χ0) is 13.3. The van der Waals surface area contributed by atoms with Crippen LogP contribution in [0, 0.1) is 5.82 Å². The Balaban J connectivity index is 2.51. The van der Waals surface area contributed by atoms with Gasteiger partial charge in [-0.2, -0.15) is 0 Å². The summed E-state index contributed by atoms with van der Waals surface area (Å²) in [5, 5.41) is -0.384. The summed E-state index contributed by atoms with van der Waals surface area (Å²) in [4.78, 5) is 19.5. The monoisotopic (exact) mass is 304 g/mol. The molecule has 0 fully saturated rings. The lowest BCUT2D eigenvalue weighted by atomic mass is 10.1. The number of halogens is 4. The molecule has 1 aromatic carbocycles. The molecular formula is C11H4Cl3FN2O. The second-order valence-corrected chi connectivity index (χ2v) is 4.39. The fourth-order valence-corrected chi connectivity index (χ4v) is 1.92. The molecule has 0 aliphatic heterocycles. The highest BCUT2D eigenvalue weighted by Gasteiger charge is 2.20. The molecule has 2 aromatic rings. The van der Waals surface area contributed by atoms with E-state index in [2.05, 4.69) is 9.97 Å². The summed E-state index contributed by atoms with van der Waals surface area (Å²) >= 11 is 17.0. The number of benzene rings is 1. The molecular weight excluding hydrogens is 301 g/mol. The Morgan fingerprint density at radius 3 is 2.61 bits per heavy atom. The molecule has 0 amide bonds. The van der Waals surface area contributed by atoms with Crippen LogP contribution in [0.2, 0.25) is 15.3 Å². The van der Waals surface area contributed by atoms with E-state index < -0.39 is 11.6 Å². The van der Waals surface area contributed by atoms with Crippen LogP contribution in [0.4, 0.5) is 4.39 Å². The third-order valence-corrected chi connectivity index (χ3v) is 2.94. The summed E-state index contributed by atoms with van der Waals surface area (Å²) in [5.74, 6) is -1.31. The van der Waals surface area contributed by atoms with Crippen molar-refractivity contribution < 1.29 is 9.18 Å². The molecule has 0 aliphatic rings. The van der Waals surface area contributed by atoms with E-state index in [1.807, 2.05) is 0 Å². The molecule has 18 heavy (non-hydrogen) atoms. The first kappa shape index (κ1) is 13.2. The Morgan fingerprint density at radius 1 is 1.22 bits per heavy atom. The molecule has 0 aliphatic carbocycles. The van der Waals surface area contributed by atoms with Gasteiger partial charge in [0.1, 0.15) is 16.7 Å². The van der Waals surface area contributed by atoms with Crippen molar-refractivity contribution in [3.63, 3.8) is 0 Å². The predicted molar refractivity (Wildman–Crippen MR) is 66.9 cm³/mol. The van der Waals surface area contributed by atoms with Crippen molar-refractivity contribution in [2.45, 2.75) is 0 Å². The molecule has 0 bridgehead atoms. The summed E-state index contributed by atoms with van der Waals surface area (Å²) in [6, 6.07) is 3.89. The van der Waals surface area contributed by atoms with E-state index in [1.165, 1.54) is 18.3 Å². The van der Waals surface area contributed by atoms with Crippen LogP contribution in [-0.2, 0) is 0 Å². The number of carbonyl (C=O) groups is 1. The average Bonchev–Trinajstić information content (AvgIpc) is 2.32. The van der Waals surface area contributed by atoms with Crippen LogP contribution >= 0.6 is 34.8 Å². The maximum Gasteiger partial charge on any atom is 0.216 e. The number of hydrogen-bond donors (Lipinski definition) is 0. The number of carbonyl (C=O) groups excluding carboxylic acids is 1. The van der Waals surface area contributed by atoms with Gasteiger partial charge in [0.2, 0.25) is 5.78 Å². The highest BCUT2D eigenvalue weighted by molar-refractivity contribution is 6.38. The molecule has 92 valence electrons. The molecule has 2 rings (SSSR count). The molecule has 0 saturated carbocycles. The molecule has 1 heterocycles. The van der Waals surface area contributed by atoms with Crippen LogP contribution in [-0.4, -0.2) is 15.8 Å². The largest absolute Gasteiger partial charge is 0.287 e. The molecule has 0 atom stereocenters. The molecule has 0 saturated heterocycles. The van der Waals surface area contributed by atoms with Gasteiger partial charge in [-0.15, -0.1) is 0 Å². The van der Waals surface area contributed by atoms with Crippen LogP contribution in [0.15, 0.2) is 24.4 Å². The Kier molecular flexibility index (Phi) is 3.80. The van der Waals surface area contributed by atoms with Crippen molar-refractivity contribution in [2.24, 2.45) is 0 Å². The Morgan fingerprint density at radius 2 is 1.94 bits per heavy atom. The Hall–Kier alpha value is -1.23. The Labute approximate surface area is 117 Å². The third kappa shape index (κ3) is 2.46. The van der Waals surface area contributed by atoms with Gasteiger partial charge in [-0.25, -0.2) is 14.4 Å². The predicted octanol–water partition coefficient (Wildman–Crippen LogP) is 3.81. The summed E-state index contributed by atoms with van der Waals surface area (Å²) in [6.07, 6.45) is 1.17. The number of hydrogen-bond acceptors (Lipinski definition) is 3. The van der Waals surface area contributed by atoms with Gasteiger partial charge in [-0.1, -0.05) is 40.9 Å². The Bertz CT molecular complexity index is 634. The topological polar surface area (TPSA) is 42.9 Å². The molecule has 7 heteroatoms. The van der Waals surface area contributed by atoms with Crippen LogP contribution in [0.3, 0.4) is 0 Å². The SMILES string of the molecule is O=C(c1cccc(F)c1Cl)c1ncc(Cl)nc1Cl. The minimum Gasteiger partial charge on any atom is -0.287 e. The van der Waals surface area contributed by atoms with Crippen molar-refractivity contribution in [3.05, 3.63) is 56.8 Å². The molecule has 1 aromatic heterocycles. The molecule has 0 unspecified atom stereocenters. The van der Waals surface area contributed by atoms with Gasteiger partial charge in [0.25, 0.3) is 0 Å². The summed E-state index contributed by atoms with van der Waals surface area (Å²) in [5.41, 5.74) is -0.163. The lowest BCUT2D eigenvalue weighted by Crippen LogP contribution is -2.07. The van der Waals surface area contributed by atoms with Gasteiger partial charge >= 0.3 is 0 Å². The van der Waals surface area contributed by atoms with E-state index >= 15 is 0 Å². The lowest BCUT2D eigenvalue weighted by Gasteiger charge is -2.04. The minimum absolute atomic E-state index is 0.0322. The van der Waals surface area contributed by atoms with Crippen LogP contribution in [0.25, 0.3) is 0 Å². The van der Waals surface area contributed by atoms with E-state index in [-0.39, 0.29) is 26.6 Å². The zero-order valence-corrected chi connectivity index (χ0v) is 10.9. The van der Waals surface area contributed by atoms with Crippen molar-refractivity contribution >= 4 is 40.6 Å². The van der Waals surface area contributed by atoms with Gasteiger partial charge in [-0.05, 0) is 12.1 Å². The van der Waals surface area contributed by atoms with Crippen molar-refractivity contribution in [1.82, 2.24) is 9.97 Å². The van der Waals surface area contributed by atoms with Crippen molar-refractivity contribution in [3.8, 4) is 0 Å². The van der Waals surface area contributed by atoms with E-state index in [4.69, 9.17) is 34.8 Å². The average molecular weight is 306 g/mol. The number of aromatic nitrogens is 2. The smallest absolute Gasteiger partial charge is 0.216 e. The molecule has 0 spiro atoms. The van der Waals surface area contributed by atoms with Crippen LogP contribution < -0.4 is 0 Å². The maximum atomic E-state index is 13.2. The number of rotatable bonds is 2. The highest BCUT2D eigenvalue weighted by Crippen LogP contribution is 2.24. The highest BCUT2D eigenvalue weighted by atomic mass is 35.5. The second kappa shape index (κ2) is 5.18. The van der Waals surface area contributed by atoms with Crippen LogP contribution in [0.1, 0.15) is 16.1 Å². The number of ketones is 1.